The molecule has 0 spiro atoms. The van der Waals surface area contributed by atoms with Gasteiger partial charge < -0.3 is 24.3 Å². The number of nitrogens with zero attached hydrogens (tertiary/aromatic N) is 1. The Morgan fingerprint density at radius 1 is 0.927 bits per heavy atom. The quantitative estimate of drug-likeness (QED) is 0.268. The van der Waals surface area contributed by atoms with E-state index in [1.165, 1.54) is 0 Å². The molecule has 1 saturated heterocycles. The van der Waals surface area contributed by atoms with Gasteiger partial charge in [0.15, 0.2) is 29.6 Å². The Kier molecular flexibility index (Phi) is 9.91. The summed E-state index contributed by atoms with van der Waals surface area (Å²) in [6, 6.07) is 18.1. The lowest BCUT2D eigenvalue weighted by molar-refractivity contribution is -0.123. The number of methoxy groups -OCH3 is 1. The highest BCUT2D eigenvalue weighted by Gasteiger charge is 2.35. The van der Waals surface area contributed by atoms with Gasteiger partial charge in [0.05, 0.1) is 25.2 Å². The van der Waals surface area contributed by atoms with Gasteiger partial charge in [-0.25, -0.2) is 0 Å². The van der Waals surface area contributed by atoms with E-state index in [2.05, 4.69) is 5.32 Å². The second-order valence-corrected chi connectivity index (χ2v) is 10.1. The van der Waals surface area contributed by atoms with Crippen LogP contribution in [0.2, 0.25) is 0 Å². The van der Waals surface area contributed by atoms with Gasteiger partial charge in [-0.05, 0) is 85.6 Å². The number of hydrogen-bond acceptors (Lipinski definition) is 8. The number of imide groups is 1. The molecular weight excluding hydrogens is 544 g/mol. The maximum absolute atomic E-state index is 13.0. The van der Waals surface area contributed by atoms with Crippen LogP contribution in [-0.4, -0.2) is 55.4 Å². The van der Waals surface area contributed by atoms with E-state index in [4.69, 9.17) is 18.9 Å². The molecule has 0 bridgehead atoms. The Hall–Kier alpha value is -4.44. The molecule has 0 atom stereocenters. The van der Waals surface area contributed by atoms with Crippen LogP contribution >= 0.6 is 11.8 Å². The molecule has 1 heterocycles. The third-order valence-electron chi connectivity index (χ3n) is 6.11. The van der Waals surface area contributed by atoms with Gasteiger partial charge in [-0.3, -0.25) is 19.3 Å². The summed E-state index contributed by atoms with van der Waals surface area (Å²) in [5.74, 6) is 1.22. The zero-order valence-corrected chi connectivity index (χ0v) is 24.2. The predicted molar refractivity (Wildman–Crippen MR) is 159 cm³/mol. The number of carbonyl (C=O) groups is 3. The van der Waals surface area contributed by atoms with Crippen molar-refractivity contribution in [3.63, 3.8) is 0 Å². The highest BCUT2D eigenvalue weighted by molar-refractivity contribution is 8.18. The van der Waals surface area contributed by atoms with Crippen LogP contribution in [0.1, 0.15) is 23.6 Å². The van der Waals surface area contributed by atoms with Crippen molar-refractivity contribution in [1.29, 1.82) is 0 Å². The second-order valence-electron chi connectivity index (χ2n) is 9.13. The minimum Gasteiger partial charge on any atom is -0.493 e. The molecule has 3 aromatic rings. The number of thioether (sulfide) groups is 1. The predicted octanol–water partition coefficient (Wildman–Crippen LogP) is 5.84. The van der Waals surface area contributed by atoms with Gasteiger partial charge in [0.2, 0.25) is 0 Å². The zero-order chi connectivity index (χ0) is 29.4. The fraction of sp³-hybridized carbons (Fsp3) is 0.258. The first kappa shape index (κ1) is 29.5. The molecule has 1 aliphatic rings. The average Bonchev–Trinajstić information content (AvgIpc) is 3.22. The van der Waals surface area contributed by atoms with Crippen LogP contribution in [0.25, 0.3) is 6.08 Å². The maximum atomic E-state index is 13.0. The van der Waals surface area contributed by atoms with E-state index in [1.54, 1.807) is 43.5 Å². The number of nitrogens with one attached hydrogen (secondary N) is 1. The molecule has 0 aliphatic carbocycles. The highest BCUT2D eigenvalue weighted by atomic mass is 32.2. The number of amides is 3. The summed E-state index contributed by atoms with van der Waals surface area (Å²) >= 11 is 0.864. The molecule has 0 radical (unpaired) electrons. The van der Waals surface area contributed by atoms with E-state index in [9.17, 15) is 14.4 Å². The fourth-order valence-electron chi connectivity index (χ4n) is 4.03. The molecule has 0 unspecified atom stereocenters. The van der Waals surface area contributed by atoms with E-state index in [1.807, 2.05) is 51.1 Å². The number of carbonyl (C=O) groups excluding carboxylic acids is 3. The molecule has 10 heteroatoms. The van der Waals surface area contributed by atoms with Crippen molar-refractivity contribution < 1.29 is 33.3 Å². The minimum absolute atomic E-state index is 0.0984. The van der Waals surface area contributed by atoms with Crippen molar-refractivity contribution in [2.45, 2.75) is 20.8 Å². The molecule has 41 heavy (non-hydrogen) atoms. The third kappa shape index (κ3) is 7.61. The topological polar surface area (TPSA) is 103 Å². The smallest absolute Gasteiger partial charge is 0.293 e. The summed E-state index contributed by atoms with van der Waals surface area (Å²) in [7, 11) is 1.54. The van der Waals surface area contributed by atoms with Gasteiger partial charge in [-0.15, -0.1) is 0 Å². The Bertz CT molecular complexity index is 1470. The minimum atomic E-state index is -0.398. The summed E-state index contributed by atoms with van der Waals surface area (Å²) in [5.41, 5.74) is 3.38. The third-order valence-corrected chi connectivity index (χ3v) is 7.01. The molecular formula is C31H32N2O7S. The van der Waals surface area contributed by atoms with Crippen LogP contribution < -0.4 is 24.3 Å². The molecule has 3 amide bonds. The summed E-state index contributed by atoms with van der Waals surface area (Å²) in [4.78, 5) is 39.5. The van der Waals surface area contributed by atoms with Crippen LogP contribution in [0.4, 0.5) is 10.5 Å². The molecule has 0 saturated carbocycles. The molecule has 1 fully saturated rings. The van der Waals surface area contributed by atoms with E-state index in [0.29, 0.717) is 35.2 Å². The van der Waals surface area contributed by atoms with Gasteiger partial charge in [0.25, 0.3) is 17.1 Å². The lowest BCUT2D eigenvalue weighted by Crippen LogP contribution is -2.32. The molecule has 4 rings (SSSR count). The second kappa shape index (κ2) is 13.8. The van der Waals surface area contributed by atoms with Gasteiger partial charge in [0, 0.05) is 5.69 Å². The van der Waals surface area contributed by atoms with Crippen molar-refractivity contribution in [3.05, 3.63) is 82.3 Å². The fourth-order valence-corrected chi connectivity index (χ4v) is 4.90. The van der Waals surface area contributed by atoms with E-state index < -0.39 is 5.91 Å². The Labute approximate surface area is 243 Å². The number of benzene rings is 3. The molecule has 0 aromatic heterocycles. The highest BCUT2D eigenvalue weighted by Crippen LogP contribution is 2.35. The Balaban J connectivity index is 1.39. The monoisotopic (exact) mass is 576 g/mol. The number of rotatable bonds is 12. The number of anilines is 1. The van der Waals surface area contributed by atoms with Crippen LogP contribution in [0.3, 0.4) is 0 Å². The van der Waals surface area contributed by atoms with Gasteiger partial charge in [-0.2, -0.15) is 0 Å². The summed E-state index contributed by atoms with van der Waals surface area (Å²) < 4.78 is 22.5. The van der Waals surface area contributed by atoms with Gasteiger partial charge in [-0.1, -0.05) is 30.3 Å². The van der Waals surface area contributed by atoms with Crippen LogP contribution in [-0.2, 0) is 9.59 Å². The standard InChI is InChI=1S/C31H32N2O7S/c1-5-38-27-17-22(12-13-26(27)40-19-29(34)32-23-16-20(2)10-11-21(23)3)18-28-30(35)33(31(36)41-28)14-15-39-25-9-7-6-8-24(25)37-4/h6-13,16-18H,5,14-15,19H2,1-4H3,(H,32,34)/b28-18-. The normalized spacial score (nSPS) is 13.9. The molecule has 1 aliphatic heterocycles. The summed E-state index contributed by atoms with van der Waals surface area (Å²) in [6.07, 6.45) is 1.63. The van der Waals surface area contributed by atoms with Crippen LogP contribution in [0.5, 0.6) is 23.0 Å². The van der Waals surface area contributed by atoms with Crippen molar-refractivity contribution in [2.24, 2.45) is 0 Å². The molecule has 1 N–H and O–H groups in total. The summed E-state index contributed by atoms with van der Waals surface area (Å²) in [6.45, 7) is 6.11. The van der Waals surface area contributed by atoms with E-state index >= 15 is 0 Å². The number of hydrogen-bond donors (Lipinski definition) is 1. The number of para-hydroxylation sites is 2. The maximum Gasteiger partial charge on any atom is 0.293 e. The lowest BCUT2D eigenvalue weighted by atomic mass is 10.1. The first-order valence-electron chi connectivity index (χ1n) is 13.1. The first-order chi connectivity index (χ1) is 19.8. The van der Waals surface area contributed by atoms with Crippen LogP contribution in [0, 0.1) is 13.8 Å². The Morgan fingerprint density at radius 2 is 1.68 bits per heavy atom. The zero-order valence-electron chi connectivity index (χ0n) is 23.4. The largest absolute Gasteiger partial charge is 0.493 e. The molecule has 3 aromatic carbocycles. The average molecular weight is 577 g/mol. The SMILES string of the molecule is CCOc1cc(/C=C2\SC(=O)N(CCOc3ccccc3OC)C2=O)ccc1OCC(=O)Nc1cc(C)ccc1C. The lowest BCUT2D eigenvalue weighted by Gasteiger charge is -2.14. The number of aryl methyl sites for hydroxylation is 2. The van der Waals surface area contributed by atoms with Crippen molar-refractivity contribution in [2.75, 3.05) is 38.8 Å². The van der Waals surface area contributed by atoms with E-state index in [-0.39, 0.29) is 35.8 Å². The first-order valence-corrected chi connectivity index (χ1v) is 13.9. The summed E-state index contributed by atoms with van der Waals surface area (Å²) in [5, 5.41) is 2.50. The van der Waals surface area contributed by atoms with E-state index in [0.717, 1.165) is 33.5 Å². The Morgan fingerprint density at radius 3 is 2.44 bits per heavy atom. The van der Waals surface area contributed by atoms with Crippen LogP contribution in [0.15, 0.2) is 65.6 Å². The van der Waals surface area contributed by atoms with Gasteiger partial charge in [0.1, 0.15) is 6.61 Å². The van der Waals surface area contributed by atoms with Gasteiger partial charge >= 0.3 is 0 Å². The molecule has 214 valence electrons. The molecule has 9 nitrogen and oxygen atoms in total. The van der Waals surface area contributed by atoms with Crippen molar-refractivity contribution >= 4 is 40.6 Å². The van der Waals surface area contributed by atoms with Crippen molar-refractivity contribution in [3.8, 4) is 23.0 Å². The number of ether oxygens (including phenoxy) is 4. The van der Waals surface area contributed by atoms with Crippen molar-refractivity contribution in [1.82, 2.24) is 4.90 Å².